The van der Waals surface area contributed by atoms with E-state index in [1.54, 1.807) is 18.2 Å². The number of halogens is 2. The molecule has 0 aliphatic heterocycles. The second-order valence-corrected chi connectivity index (χ2v) is 8.79. The van der Waals surface area contributed by atoms with Crippen LogP contribution in [0.5, 0.6) is 0 Å². The van der Waals surface area contributed by atoms with E-state index < -0.39 is 26.3 Å². The van der Waals surface area contributed by atoms with Gasteiger partial charge in [0.05, 0.1) is 10.6 Å². The van der Waals surface area contributed by atoms with Crippen LogP contribution in [0.3, 0.4) is 0 Å². The van der Waals surface area contributed by atoms with E-state index in [1.165, 1.54) is 24.3 Å². The van der Waals surface area contributed by atoms with Crippen LogP contribution in [-0.4, -0.2) is 19.1 Å². The highest BCUT2D eigenvalue weighted by Crippen LogP contribution is 2.41. The summed E-state index contributed by atoms with van der Waals surface area (Å²) in [5, 5.41) is 2.64. The highest BCUT2D eigenvalue weighted by molar-refractivity contribution is 7.93. The standard InChI is InChI=1S/C18H17ClFNO3S/c19-13-8-9-16(15(20)12-13)21-17(22)18(10-4-5-11-18)25(23,24)14-6-2-1-3-7-14/h1-3,6-9,12H,4-5,10-11H2,(H,21,22). The van der Waals surface area contributed by atoms with Crippen molar-refractivity contribution >= 4 is 33.0 Å². The zero-order valence-electron chi connectivity index (χ0n) is 13.3. The molecule has 2 aromatic carbocycles. The van der Waals surface area contributed by atoms with Crippen molar-refractivity contribution in [3.8, 4) is 0 Å². The number of amides is 1. The Bertz CT molecular complexity index is 894. The molecular weight excluding hydrogens is 365 g/mol. The van der Waals surface area contributed by atoms with Gasteiger partial charge in [0.1, 0.15) is 5.82 Å². The summed E-state index contributed by atoms with van der Waals surface area (Å²) in [5.41, 5.74) is -0.0797. The molecule has 0 saturated heterocycles. The van der Waals surface area contributed by atoms with Crippen molar-refractivity contribution in [3.63, 3.8) is 0 Å². The molecule has 0 radical (unpaired) electrons. The predicted molar refractivity (Wildman–Crippen MR) is 94.9 cm³/mol. The van der Waals surface area contributed by atoms with Gasteiger partial charge in [-0.2, -0.15) is 0 Å². The zero-order chi connectivity index (χ0) is 18.1. The van der Waals surface area contributed by atoms with Crippen molar-refractivity contribution < 1.29 is 17.6 Å². The van der Waals surface area contributed by atoms with Crippen LogP contribution >= 0.6 is 11.6 Å². The molecule has 1 fully saturated rings. The topological polar surface area (TPSA) is 63.2 Å². The van der Waals surface area contributed by atoms with Gasteiger partial charge < -0.3 is 5.32 Å². The van der Waals surface area contributed by atoms with Gasteiger partial charge in [0.2, 0.25) is 5.91 Å². The average molecular weight is 382 g/mol. The second kappa shape index (κ2) is 6.77. The molecule has 2 aromatic rings. The SMILES string of the molecule is O=C(Nc1ccc(Cl)cc1F)C1(S(=O)(=O)c2ccccc2)CCCC1. The van der Waals surface area contributed by atoms with Gasteiger partial charge in [0.15, 0.2) is 14.6 Å². The van der Waals surface area contributed by atoms with Crippen molar-refractivity contribution in [3.05, 3.63) is 59.4 Å². The normalized spacial score (nSPS) is 16.6. The number of carbonyl (C=O) groups is 1. The summed E-state index contributed by atoms with van der Waals surface area (Å²) in [6.45, 7) is 0. The molecule has 25 heavy (non-hydrogen) atoms. The van der Waals surface area contributed by atoms with Gasteiger partial charge in [-0.25, -0.2) is 12.8 Å². The number of nitrogens with one attached hydrogen (secondary N) is 1. The molecule has 1 saturated carbocycles. The third-order valence-corrected chi connectivity index (χ3v) is 7.32. The van der Waals surface area contributed by atoms with E-state index in [9.17, 15) is 17.6 Å². The van der Waals surface area contributed by atoms with Gasteiger partial charge in [0, 0.05) is 5.02 Å². The highest BCUT2D eigenvalue weighted by Gasteiger charge is 2.53. The third kappa shape index (κ3) is 3.16. The maximum atomic E-state index is 14.0. The monoisotopic (exact) mass is 381 g/mol. The molecule has 3 rings (SSSR count). The van der Waals surface area contributed by atoms with Gasteiger partial charge in [0.25, 0.3) is 0 Å². The van der Waals surface area contributed by atoms with Crippen molar-refractivity contribution in [2.24, 2.45) is 0 Å². The fraction of sp³-hybridized carbons (Fsp3) is 0.278. The largest absolute Gasteiger partial charge is 0.322 e. The molecule has 1 aliphatic rings. The minimum atomic E-state index is -3.90. The first-order valence-electron chi connectivity index (χ1n) is 7.93. The Hall–Kier alpha value is -1.92. The van der Waals surface area contributed by atoms with Gasteiger partial charge >= 0.3 is 0 Å². The van der Waals surface area contributed by atoms with Crippen LogP contribution in [0.15, 0.2) is 53.4 Å². The maximum Gasteiger partial charge on any atom is 0.246 e. The maximum absolute atomic E-state index is 14.0. The minimum absolute atomic E-state index is 0.0797. The molecule has 132 valence electrons. The number of benzene rings is 2. The number of anilines is 1. The number of hydrogen-bond donors (Lipinski definition) is 1. The highest BCUT2D eigenvalue weighted by atomic mass is 35.5. The van der Waals surface area contributed by atoms with E-state index in [0.29, 0.717) is 12.8 Å². The minimum Gasteiger partial charge on any atom is -0.322 e. The first-order valence-corrected chi connectivity index (χ1v) is 9.79. The zero-order valence-corrected chi connectivity index (χ0v) is 14.9. The van der Waals surface area contributed by atoms with Crippen molar-refractivity contribution in [2.45, 2.75) is 35.3 Å². The molecule has 0 spiro atoms. The summed E-state index contributed by atoms with van der Waals surface area (Å²) in [6, 6.07) is 11.7. The van der Waals surface area contributed by atoms with Gasteiger partial charge in [-0.1, -0.05) is 42.6 Å². The molecule has 1 amide bonds. The molecule has 0 aromatic heterocycles. The summed E-state index contributed by atoms with van der Waals surface area (Å²) >= 11 is 5.71. The fourth-order valence-corrected chi connectivity index (χ4v) is 5.46. The van der Waals surface area contributed by atoms with Gasteiger partial charge in [-0.3, -0.25) is 4.79 Å². The molecule has 0 atom stereocenters. The Labute approximate surface area is 150 Å². The first-order chi connectivity index (χ1) is 11.9. The molecule has 0 unspecified atom stereocenters. The van der Waals surface area contributed by atoms with E-state index in [-0.39, 0.29) is 28.4 Å². The lowest BCUT2D eigenvalue weighted by Crippen LogP contribution is -2.47. The Balaban J connectivity index is 1.99. The first kappa shape index (κ1) is 17.9. The molecular formula is C18H17ClFNO3S. The van der Waals surface area contributed by atoms with E-state index in [4.69, 9.17) is 11.6 Å². The fourth-order valence-electron chi connectivity index (χ4n) is 3.22. The number of rotatable bonds is 4. The number of carbonyl (C=O) groups excluding carboxylic acids is 1. The lowest BCUT2D eigenvalue weighted by molar-refractivity contribution is -0.118. The van der Waals surface area contributed by atoms with Crippen molar-refractivity contribution in [1.82, 2.24) is 0 Å². The number of hydrogen-bond acceptors (Lipinski definition) is 3. The van der Waals surface area contributed by atoms with Crippen molar-refractivity contribution in [1.29, 1.82) is 0 Å². The third-order valence-electron chi connectivity index (χ3n) is 4.57. The molecule has 0 bridgehead atoms. The summed E-state index contributed by atoms with van der Waals surface area (Å²) in [6.07, 6.45) is 1.68. The summed E-state index contributed by atoms with van der Waals surface area (Å²) < 4.78 is 38.7. The Morgan fingerprint density at radius 1 is 1.08 bits per heavy atom. The van der Waals surface area contributed by atoms with Crippen LogP contribution in [0, 0.1) is 5.82 Å². The molecule has 4 nitrogen and oxygen atoms in total. The van der Waals surface area contributed by atoms with Crippen LogP contribution in [0.2, 0.25) is 5.02 Å². The molecule has 7 heteroatoms. The summed E-state index contributed by atoms with van der Waals surface area (Å²) in [4.78, 5) is 13.0. The summed E-state index contributed by atoms with van der Waals surface area (Å²) in [7, 11) is -3.90. The Morgan fingerprint density at radius 3 is 2.32 bits per heavy atom. The Kier molecular flexibility index (Phi) is 4.84. The van der Waals surface area contributed by atoms with Crippen LogP contribution in [0.4, 0.5) is 10.1 Å². The molecule has 1 N–H and O–H groups in total. The van der Waals surface area contributed by atoms with Crippen LogP contribution in [0.1, 0.15) is 25.7 Å². The van der Waals surface area contributed by atoms with E-state index in [0.717, 1.165) is 6.07 Å². The second-order valence-electron chi connectivity index (χ2n) is 6.10. The van der Waals surface area contributed by atoms with Crippen LogP contribution < -0.4 is 5.32 Å². The lowest BCUT2D eigenvalue weighted by atomic mass is 10.1. The van der Waals surface area contributed by atoms with Crippen LogP contribution in [0.25, 0.3) is 0 Å². The molecule has 0 heterocycles. The quantitative estimate of drug-likeness (QED) is 0.863. The van der Waals surface area contributed by atoms with E-state index in [2.05, 4.69) is 5.32 Å². The van der Waals surface area contributed by atoms with Crippen molar-refractivity contribution in [2.75, 3.05) is 5.32 Å². The smallest absolute Gasteiger partial charge is 0.246 e. The Morgan fingerprint density at radius 2 is 1.72 bits per heavy atom. The molecule has 1 aliphatic carbocycles. The van der Waals surface area contributed by atoms with E-state index >= 15 is 0 Å². The predicted octanol–water partition coefficient (Wildman–Crippen LogP) is 4.20. The van der Waals surface area contributed by atoms with Crippen LogP contribution in [-0.2, 0) is 14.6 Å². The van der Waals surface area contributed by atoms with E-state index in [1.807, 2.05) is 0 Å². The lowest BCUT2D eigenvalue weighted by Gasteiger charge is -2.27. The average Bonchev–Trinajstić information content (AvgIpc) is 3.10. The number of sulfone groups is 1. The van der Waals surface area contributed by atoms with Gasteiger partial charge in [-0.15, -0.1) is 0 Å². The summed E-state index contributed by atoms with van der Waals surface area (Å²) in [5.74, 6) is -1.40. The van der Waals surface area contributed by atoms with Gasteiger partial charge in [-0.05, 0) is 43.2 Å².